The van der Waals surface area contributed by atoms with E-state index in [2.05, 4.69) is 6.07 Å². The first-order valence-corrected chi connectivity index (χ1v) is 8.15. The third-order valence-corrected chi connectivity index (χ3v) is 4.18. The van der Waals surface area contributed by atoms with Gasteiger partial charge < -0.3 is 4.42 Å². The fraction of sp³-hybridized carbons (Fsp3) is 0. The first-order valence-electron chi connectivity index (χ1n) is 7.40. The molecule has 128 valence electrons. The highest BCUT2D eigenvalue weighted by molar-refractivity contribution is 6.33. The van der Waals surface area contributed by atoms with Crippen molar-refractivity contribution in [3.8, 4) is 17.4 Å². The number of benzene rings is 2. The van der Waals surface area contributed by atoms with Crippen molar-refractivity contribution in [2.45, 2.75) is 0 Å². The van der Waals surface area contributed by atoms with Crippen LogP contribution >= 0.6 is 23.2 Å². The Labute approximate surface area is 158 Å². The van der Waals surface area contributed by atoms with Gasteiger partial charge in [0.05, 0.1) is 21.6 Å². The Morgan fingerprint density at radius 2 is 1.85 bits per heavy atom. The van der Waals surface area contributed by atoms with Gasteiger partial charge in [0.15, 0.2) is 0 Å². The van der Waals surface area contributed by atoms with E-state index in [0.29, 0.717) is 33.2 Å². The fourth-order valence-corrected chi connectivity index (χ4v) is 2.74. The topological polar surface area (TPSA) is 80.1 Å². The SMILES string of the molecule is N#C/C(=C/c1ccc(-c2ccc([N+](=O)[O-])cc2Cl)o1)c1ccc(Cl)cc1. The fourth-order valence-electron chi connectivity index (χ4n) is 2.34. The molecule has 0 aliphatic heterocycles. The molecule has 0 saturated heterocycles. The molecule has 1 heterocycles. The zero-order valence-electron chi connectivity index (χ0n) is 13.1. The summed E-state index contributed by atoms with van der Waals surface area (Å²) in [7, 11) is 0. The van der Waals surface area contributed by atoms with E-state index in [4.69, 9.17) is 27.6 Å². The van der Waals surface area contributed by atoms with Crippen LogP contribution in [-0.4, -0.2) is 4.92 Å². The van der Waals surface area contributed by atoms with Crippen LogP contribution in [0.15, 0.2) is 59.0 Å². The predicted molar refractivity (Wildman–Crippen MR) is 101 cm³/mol. The summed E-state index contributed by atoms with van der Waals surface area (Å²) in [6, 6.07) is 16.5. The first kappa shape index (κ1) is 17.7. The van der Waals surface area contributed by atoms with Crippen molar-refractivity contribution in [2.75, 3.05) is 0 Å². The molecule has 0 N–H and O–H groups in total. The van der Waals surface area contributed by atoms with E-state index < -0.39 is 4.92 Å². The first-order chi connectivity index (χ1) is 12.5. The zero-order chi connectivity index (χ0) is 18.7. The molecule has 3 aromatic rings. The molecule has 0 bridgehead atoms. The second kappa shape index (κ2) is 7.44. The summed E-state index contributed by atoms with van der Waals surface area (Å²) in [5, 5.41) is 21.0. The molecular weight excluding hydrogens is 375 g/mol. The van der Waals surface area contributed by atoms with Gasteiger partial charge in [-0.15, -0.1) is 0 Å². The van der Waals surface area contributed by atoms with Gasteiger partial charge in [-0.1, -0.05) is 35.3 Å². The number of rotatable bonds is 4. The van der Waals surface area contributed by atoms with Gasteiger partial charge in [-0.05, 0) is 42.0 Å². The summed E-state index contributed by atoms with van der Waals surface area (Å²) >= 11 is 12.0. The number of furan rings is 1. The van der Waals surface area contributed by atoms with Crippen molar-refractivity contribution in [3.63, 3.8) is 0 Å². The molecule has 26 heavy (non-hydrogen) atoms. The Hall–Kier alpha value is -3.07. The van der Waals surface area contributed by atoms with Crippen LogP contribution in [0.5, 0.6) is 0 Å². The number of nitro groups is 1. The Balaban J connectivity index is 1.93. The van der Waals surface area contributed by atoms with Gasteiger partial charge >= 0.3 is 0 Å². The lowest BCUT2D eigenvalue weighted by molar-refractivity contribution is -0.384. The molecule has 3 rings (SSSR count). The number of non-ortho nitro benzene ring substituents is 1. The molecule has 2 aromatic carbocycles. The average molecular weight is 385 g/mol. The molecule has 5 nitrogen and oxygen atoms in total. The van der Waals surface area contributed by atoms with Crippen LogP contribution in [0.2, 0.25) is 10.0 Å². The second-order valence-electron chi connectivity index (χ2n) is 5.30. The van der Waals surface area contributed by atoms with E-state index in [-0.39, 0.29) is 10.7 Å². The molecule has 0 radical (unpaired) electrons. The summed E-state index contributed by atoms with van der Waals surface area (Å²) < 4.78 is 5.72. The molecule has 1 aromatic heterocycles. The molecule has 0 aliphatic carbocycles. The third-order valence-electron chi connectivity index (χ3n) is 3.62. The highest BCUT2D eigenvalue weighted by Gasteiger charge is 2.13. The minimum absolute atomic E-state index is 0.0973. The summed E-state index contributed by atoms with van der Waals surface area (Å²) in [6.07, 6.45) is 1.60. The van der Waals surface area contributed by atoms with Crippen LogP contribution < -0.4 is 0 Å². The average Bonchev–Trinajstić information content (AvgIpc) is 3.08. The summed E-state index contributed by atoms with van der Waals surface area (Å²) in [4.78, 5) is 10.3. The van der Waals surface area contributed by atoms with E-state index in [9.17, 15) is 15.4 Å². The maximum Gasteiger partial charge on any atom is 0.270 e. The molecule has 0 amide bonds. The predicted octanol–water partition coefficient (Wildman–Crippen LogP) is 6.23. The summed E-state index contributed by atoms with van der Waals surface area (Å²) in [6.45, 7) is 0. The van der Waals surface area contributed by atoms with Crippen LogP contribution in [0.4, 0.5) is 5.69 Å². The smallest absolute Gasteiger partial charge is 0.270 e. The second-order valence-corrected chi connectivity index (χ2v) is 6.14. The van der Waals surface area contributed by atoms with Crippen LogP contribution in [0.1, 0.15) is 11.3 Å². The van der Waals surface area contributed by atoms with Gasteiger partial charge in [0.25, 0.3) is 5.69 Å². The van der Waals surface area contributed by atoms with Crippen molar-refractivity contribution in [1.29, 1.82) is 5.26 Å². The van der Waals surface area contributed by atoms with Crippen molar-refractivity contribution < 1.29 is 9.34 Å². The lowest BCUT2D eigenvalue weighted by Crippen LogP contribution is -1.88. The van der Waals surface area contributed by atoms with Crippen LogP contribution in [0.25, 0.3) is 23.0 Å². The minimum Gasteiger partial charge on any atom is -0.457 e. The Kier molecular flexibility index (Phi) is 5.08. The molecule has 0 spiro atoms. The molecule has 0 unspecified atom stereocenters. The lowest BCUT2D eigenvalue weighted by Gasteiger charge is -2.01. The molecule has 0 aliphatic rings. The Morgan fingerprint density at radius 1 is 1.12 bits per heavy atom. The summed E-state index contributed by atoms with van der Waals surface area (Å²) in [5.74, 6) is 0.908. The van der Waals surface area contributed by atoms with Crippen molar-refractivity contribution in [2.24, 2.45) is 0 Å². The molecule has 0 saturated carbocycles. The minimum atomic E-state index is -0.517. The molecule has 0 atom stereocenters. The number of nitrogens with zero attached hydrogens (tertiary/aromatic N) is 2. The third kappa shape index (κ3) is 3.77. The van der Waals surface area contributed by atoms with Crippen LogP contribution in [-0.2, 0) is 0 Å². The lowest BCUT2D eigenvalue weighted by atomic mass is 10.1. The zero-order valence-corrected chi connectivity index (χ0v) is 14.7. The van der Waals surface area contributed by atoms with Gasteiger partial charge in [0.1, 0.15) is 11.5 Å². The van der Waals surface area contributed by atoms with Gasteiger partial charge in [0, 0.05) is 22.7 Å². The van der Waals surface area contributed by atoms with Crippen LogP contribution in [0, 0.1) is 21.4 Å². The standard InChI is InChI=1S/C19H10Cl2N2O3/c20-14-3-1-12(2-4-14)13(11-22)9-16-6-8-19(26-16)17-7-5-15(23(24)25)10-18(17)21/h1-10H/b13-9-. The number of hydrogen-bond donors (Lipinski definition) is 0. The van der Waals surface area contributed by atoms with E-state index >= 15 is 0 Å². The highest BCUT2D eigenvalue weighted by Crippen LogP contribution is 2.33. The van der Waals surface area contributed by atoms with Gasteiger partial charge in [-0.25, -0.2) is 0 Å². The number of nitro benzene ring substituents is 1. The van der Waals surface area contributed by atoms with E-state index in [1.54, 1.807) is 42.5 Å². The quantitative estimate of drug-likeness (QED) is 0.303. The number of hydrogen-bond acceptors (Lipinski definition) is 4. The van der Waals surface area contributed by atoms with Crippen molar-refractivity contribution in [3.05, 3.63) is 86.1 Å². The van der Waals surface area contributed by atoms with E-state index in [0.717, 1.165) is 0 Å². The van der Waals surface area contributed by atoms with E-state index in [1.807, 2.05) is 0 Å². The van der Waals surface area contributed by atoms with E-state index in [1.165, 1.54) is 18.2 Å². The van der Waals surface area contributed by atoms with Gasteiger partial charge in [-0.2, -0.15) is 5.26 Å². The normalized spacial score (nSPS) is 11.2. The Bertz CT molecular complexity index is 1050. The maximum atomic E-state index is 10.8. The van der Waals surface area contributed by atoms with Crippen molar-refractivity contribution in [1.82, 2.24) is 0 Å². The monoisotopic (exact) mass is 384 g/mol. The van der Waals surface area contributed by atoms with Crippen molar-refractivity contribution >= 4 is 40.5 Å². The molecule has 7 heteroatoms. The number of halogens is 2. The Morgan fingerprint density at radius 3 is 2.46 bits per heavy atom. The highest BCUT2D eigenvalue weighted by atomic mass is 35.5. The number of allylic oxidation sites excluding steroid dienone is 1. The molecule has 0 fully saturated rings. The van der Waals surface area contributed by atoms with Crippen LogP contribution in [0.3, 0.4) is 0 Å². The largest absolute Gasteiger partial charge is 0.457 e. The summed E-state index contributed by atoms with van der Waals surface area (Å²) in [5.41, 5.74) is 1.56. The maximum absolute atomic E-state index is 10.8. The van der Waals surface area contributed by atoms with Gasteiger partial charge in [-0.3, -0.25) is 10.1 Å². The number of nitriles is 1. The molecular formula is C19H10Cl2N2O3. The van der Waals surface area contributed by atoms with Gasteiger partial charge in [0.2, 0.25) is 0 Å².